The van der Waals surface area contributed by atoms with Crippen molar-refractivity contribution in [3.63, 3.8) is 0 Å². The second kappa shape index (κ2) is 6.53. The van der Waals surface area contributed by atoms with Gasteiger partial charge in [0.05, 0.1) is 17.3 Å². The molecule has 2 rings (SSSR count). The molecule has 1 fully saturated rings. The molecule has 4 heteroatoms. The molecule has 1 aromatic rings. The first-order valence-electron chi connectivity index (χ1n) is 7.16. The molecule has 0 radical (unpaired) electrons. The van der Waals surface area contributed by atoms with Gasteiger partial charge in [0, 0.05) is 6.54 Å². The van der Waals surface area contributed by atoms with Crippen molar-refractivity contribution in [1.29, 1.82) is 5.26 Å². The Kier molecular flexibility index (Phi) is 4.75. The predicted molar refractivity (Wildman–Crippen MR) is 79.2 cm³/mol. The molecular formula is C16H21N3O. The summed E-state index contributed by atoms with van der Waals surface area (Å²) in [7, 11) is 0. The lowest BCUT2D eigenvalue weighted by atomic mass is 9.99. The Hall–Kier alpha value is -1.86. The summed E-state index contributed by atoms with van der Waals surface area (Å²) >= 11 is 0. The van der Waals surface area contributed by atoms with Crippen LogP contribution in [-0.2, 0) is 4.79 Å². The van der Waals surface area contributed by atoms with Crippen LogP contribution in [0.5, 0.6) is 0 Å². The van der Waals surface area contributed by atoms with Crippen LogP contribution in [0.3, 0.4) is 0 Å². The Morgan fingerprint density at radius 1 is 1.50 bits per heavy atom. The normalized spacial score (nSPS) is 20.9. The van der Waals surface area contributed by atoms with Crippen LogP contribution in [0, 0.1) is 17.2 Å². The van der Waals surface area contributed by atoms with Gasteiger partial charge in [0.25, 0.3) is 0 Å². The van der Waals surface area contributed by atoms with Crippen molar-refractivity contribution < 1.29 is 4.79 Å². The molecule has 1 aliphatic heterocycles. The molecule has 0 unspecified atom stereocenters. The molecular weight excluding hydrogens is 250 g/mol. The van der Waals surface area contributed by atoms with Crippen LogP contribution in [0.4, 0.5) is 5.69 Å². The van der Waals surface area contributed by atoms with Crippen LogP contribution in [0.1, 0.15) is 32.3 Å². The van der Waals surface area contributed by atoms with Crippen molar-refractivity contribution in [2.24, 2.45) is 5.92 Å². The van der Waals surface area contributed by atoms with Crippen molar-refractivity contribution in [3.8, 4) is 6.07 Å². The van der Waals surface area contributed by atoms with E-state index in [1.807, 2.05) is 13.0 Å². The van der Waals surface area contributed by atoms with E-state index < -0.39 is 0 Å². The number of para-hydroxylation sites is 1. The highest BCUT2D eigenvalue weighted by atomic mass is 16.2. The van der Waals surface area contributed by atoms with Crippen LogP contribution >= 0.6 is 0 Å². The minimum Gasteiger partial charge on any atom is -0.324 e. The highest BCUT2D eigenvalue weighted by Gasteiger charge is 2.25. The lowest BCUT2D eigenvalue weighted by Gasteiger charge is -2.34. The third-order valence-corrected chi connectivity index (χ3v) is 3.92. The van der Waals surface area contributed by atoms with Crippen LogP contribution in [0.25, 0.3) is 0 Å². The molecule has 1 N–H and O–H groups in total. The molecule has 0 aromatic heterocycles. The summed E-state index contributed by atoms with van der Waals surface area (Å²) in [6.45, 7) is 6.09. The van der Waals surface area contributed by atoms with Crippen LogP contribution in [0.15, 0.2) is 24.3 Å². The van der Waals surface area contributed by atoms with E-state index in [1.54, 1.807) is 18.2 Å². The van der Waals surface area contributed by atoms with Gasteiger partial charge in [0.15, 0.2) is 0 Å². The number of hydrogen-bond acceptors (Lipinski definition) is 3. The van der Waals surface area contributed by atoms with E-state index in [0.29, 0.717) is 17.2 Å². The summed E-state index contributed by atoms with van der Waals surface area (Å²) < 4.78 is 0. The van der Waals surface area contributed by atoms with Gasteiger partial charge in [0.2, 0.25) is 5.91 Å². The van der Waals surface area contributed by atoms with Crippen molar-refractivity contribution in [2.75, 3.05) is 18.4 Å². The lowest BCUT2D eigenvalue weighted by Crippen LogP contribution is -2.46. The summed E-state index contributed by atoms with van der Waals surface area (Å²) in [5, 5.41) is 11.9. The summed E-state index contributed by atoms with van der Waals surface area (Å²) in [6.07, 6.45) is 2.38. The van der Waals surface area contributed by atoms with Gasteiger partial charge in [-0.25, -0.2) is 0 Å². The van der Waals surface area contributed by atoms with Crippen molar-refractivity contribution in [3.05, 3.63) is 29.8 Å². The zero-order valence-electron chi connectivity index (χ0n) is 12.1. The van der Waals surface area contributed by atoms with E-state index >= 15 is 0 Å². The van der Waals surface area contributed by atoms with Crippen LogP contribution in [-0.4, -0.2) is 29.9 Å². The summed E-state index contributed by atoms with van der Waals surface area (Å²) in [6, 6.07) is 9.03. The Labute approximate surface area is 120 Å². The van der Waals surface area contributed by atoms with E-state index in [1.165, 1.54) is 6.42 Å². The maximum absolute atomic E-state index is 12.3. The third kappa shape index (κ3) is 3.37. The first-order chi connectivity index (χ1) is 9.61. The topological polar surface area (TPSA) is 56.1 Å². The first-order valence-corrected chi connectivity index (χ1v) is 7.16. The minimum atomic E-state index is -0.163. The number of benzene rings is 1. The lowest BCUT2D eigenvalue weighted by molar-refractivity contribution is -0.121. The van der Waals surface area contributed by atoms with E-state index in [0.717, 1.165) is 19.5 Å². The van der Waals surface area contributed by atoms with Crippen molar-refractivity contribution in [2.45, 2.75) is 32.7 Å². The van der Waals surface area contributed by atoms with Gasteiger partial charge in [-0.3, -0.25) is 9.69 Å². The van der Waals surface area contributed by atoms with Crippen LogP contribution < -0.4 is 5.32 Å². The Balaban J connectivity index is 2.02. The number of rotatable bonds is 3. The fourth-order valence-electron chi connectivity index (χ4n) is 2.67. The van der Waals surface area contributed by atoms with Crippen molar-refractivity contribution in [1.82, 2.24) is 4.90 Å². The number of carbonyl (C=O) groups excluding carboxylic acids is 1. The molecule has 1 amide bonds. The summed E-state index contributed by atoms with van der Waals surface area (Å²) in [5.74, 6) is 0.604. The maximum Gasteiger partial charge on any atom is 0.241 e. The van der Waals surface area contributed by atoms with Gasteiger partial charge in [-0.15, -0.1) is 0 Å². The number of amides is 1. The molecule has 1 saturated heterocycles. The van der Waals surface area contributed by atoms with Gasteiger partial charge in [-0.05, 0) is 44.4 Å². The van der Waals surface area contributed by atoms with E-state index in [-0.39, 0.29) is 11.9 Å². The maximum atomic E-state index is 12.3. The average Bonchev–Trinajstić information content (AvgIpc) is 2.47. The fourth-order valence-corrected chi connectivity index (χ4v) is 2.67. The number of likely N-dealkylation sites (tertiary alicyclic amines) is 1. The van der Waals surface area contributed by atoms with E-state index in [9.17, 15) is 4.79 Å². The number of anilines is 1. The molecule has 4 nitrogen and oxygen atoms in total. The van der Waals surface area contributed by atoms with Crippen LogP contribution in [0.2, 0.25) is 0 Å². The minimum absolute atomic E-state index is 0.0400. The molecule has 0 bridgehead atoms. The summed E-state index contributed by atoms with van der Waals surface area (Å²) in [5.41, 5.74) is 1.09. The Morgan fingerprint density at radius 2 is 2.25 bits per heavy atom. The van der Waals surface area contributed by atoms with Crippen molar-refractivity contribution >= 4 is 11.6 Å². The standard InChI is InChI=1S/C16H21N3O/c1-12-6-5-9-19(11-12)13(2)16(20)18-15-8-4-3-7-14(15)10-17/h3-4,7-8,12-13H,5-6,9,11H2,1-2H3,(H,18,20)/t12-,13-/m0/s1. The predicted octanol–water partition coefficient (Wildman–Crippen LogP) is 2.62. The molecule has 1 heterocycles. The molecule has 106 valence electrons. The van der Waals surface area contributed by atoms with E-state index in [4.69, 9.17) is 5.26 Å². The number of carbonyl (C=O) groups is 1. The van der Waals surface area contributed by atoms with Gasteiger partial charge >= 0.3 is 0 Å². The quantitative estimate of drug-likeness (QED) is 0.919. The average molecular weight is 271 g/mol. The monoisotopic (exact) mass is 271 g/mol. The molecule has 0 spiro atoms. The number of piperidine rings is 1. The molecule has 2 atom stereocenters. The second-order valence-corrected chi connectivity index (χ2v) is 5.56. The molecule has 1 aliphatic rings. The van der Waals surface area contributed by atoms with Gasteiger partial charge in [0.1, 0.15) is 6.07 Å². The third-order valence-electron chi connectivity index (χ3n) is 3.92. The van der Waals surface area contributed by atoms with Gasteiger partial charge in [-0.2, -0.15) is 5.26 Å². The second-order valence-electron chi connectivity index (χ2n) is 5.56. The Bertz CT molecular complexity index is 521. The SMILES string of the molecule is C[C@H]1CCCN([C@@H](C)C(=O)Nc2ccccc2C#N)C1. The first kappa shape index (κ1) is 14.5. The molecule has 20 heavy (non-hydrogen) atoms. The highest BCUT2D eigenvalue weighted by molar-refractivity contribution is 5.95. The van der Waals surface area contributed by atoms with E-state index in [2.05, 4.69) is 23.2 Å². The number of nitriles is 1. The fraction of sp³-hybridized carbons (Fsp3) is 0.500. The number of hydrogen-bond donors (Lipinski definition) is 1. The van der Waals surface area contributed by atoms with Gasteiger partial charge < -0.3 is 5.32 Å². The Morgan fingerprint density at radius 3 is 2.95 bits per heavy atom. The summed E-state index contributed by atoms with van der Waals surface area (Å²) in [4.78, 5) is 14.5. The molecule has 0 aliphatic carbocycles. The smallest absolute Gasteiger partial charge is 0.241 e. The number of nitrogens with one attached hydrogen (secondary N) is 1. The van der Waals surface area contributed by atoms with Gasteiger partial charge in [-0.1, -0.05) is 19.1 Å². The number of nitrogens with zero attached hydrogens (tertiary/aromatic N) is 2. The zero-order chi connectivity index (χ0) is 14.5. The largest absolute Gasteiger partial charge is 0.324 e. The zero-order valence-corrected chi connectivity index (χ0v) is 12.1. The molecule has 0 saturated carbocycles. The highest BCUT2D eigenvalue weighted by Crippen LogP contribution is 2.19. The molecule has 1 aromatic carbocycles.